The molecule has 0 spiro atoms. The molecule has 9 heteroatoms. The zero-order chi connectivity index (χ0) is 12.3. The highest BCUT2D eigenvalue weighted by Crippen LogP contribution is 2.21. The number of nitrogens with two attached hydrogens (primary N) is 1. The molecule has 9 nitrogen and oxygen atoms in total. The van der Waals surface area contributed by atoms with Crippen LogP contribution < -0.4 is 11.1 Å². The Hall–Kier alpha value is -2.71. The van der Waals surface area contributed by atoms with Gasteiger partial charge < -0.3 is 15.6 Å². The van der Waals surface area contributed by atoms with E-state index in [1.807, 2.05) is 0 Å². The van der Waals surface area contributed by atoms with Gasteiger partial charge in [0, 0.05) is 6.07 Å². The van der Waals surface area contributed by atoms with Crippen LogP contribution in [0.4, 0.5) is 17.5 Å². The minimum atomic E-state index is -0.593. The second kappa shape index (κ2) is 4.43. The molecule has 0 atom stereocenters. The third-order valence-corrected chi connectivity index (χ3v) is 1.91. The minimum absolute atomic E-state index is 0.0433. The number of nitrogen functional groups attached to an aromatic ring is 1. The molecule has 0 fully saturated rings. The summed E-state index contributed by atoms with van der Waals surface area (Å²) in [6.45, 7) is 0.244. The fourth-order valence-electron chi connectivity index (χ4n) is 1.16. The summed E-state index contributed by atoms with van der Waals surface area (Å²) in [5, 5.41) is 17.1. The maximum absolute atomic E-state index is 10.7. The summed E-state index contributed by atoms with van der Waals surface area (Å²) in [6, 6.07) is 1.63. The summed E-state index contributed by atoms with van der Waals surface area (Å²) in [6.07, 6.45) is 2.45. The van der Waals surface area contributed by atoms with E-state index in [4.69, 9.17) is 5.73 Å². The molecule has 0 aromatic carbocycles. The van der Waals surface area contributed by atoms with Crippen LogP contribution in [0.1, 0.15) is 5.69 Å². The predicted molar refractivity (Wildman–Crippen MR) is 56.9 cm³/mol. The molecule has 0 saturated heterocycles. The Labute approximate surface area is 94.8 Å². The molecule has 0 aliphatic rings. The van der Waals surface area contributed by atoms with Crippen molar-refractivity contribution < 1.29 is 9.45 Å². The lowest BCUT2D eigenvalue weighted by molar-refractivity contribution is -0.384. The number of hydrogen-bond donors (Lipinski definition) is 2. The fraction of sp³-hybridized carbons (Fsp3) is 0.125. The van der Waals surface area contributed by atoms with Crippen molar-refractivity contribution in [3.63, 3.8) is 0 Å². The van der Waals surface area contributed by atoms with E-state index >= 15 is 0 Å². The molecular weight excluding hydrogens is 228 g/mol. The van der Waals surface area contributed by atoms with Gasteiger partial charge in [0.15, 0.2) is 0 Å². The summed E-state index contributed by atoms with van der Waals surface area (Å²) in [5.41, 5.74) is 5.70. The molecule has 0 radical (unpaired) electrons. The Morgan fingerprint density at radius 1 is 1.59 bits per heavy atom. The monoisotopic (exact) mass is 236 g/mol. The van der Waals surface area contributed by atoms with Gasteiger partial charge in [-0.05, 0) is 0 Å². The first kappa shape index (κ1) is 10.8. The molecule has 0 aliphatic carbocycles. The largest absolute Gasteiger partial charge is 0.368 e. The molecule has 2 heterocycles. The Morgan fingerprint density at radius 3 is 3.06 bits per heavy atom. The quantitative estimate of drug-likeness (QED) is 0.581. The first-order chi connectivity index (χ1) is 8.16. The second-order valence-electron chi connectivity index (χ2n) is 3.06. The molecule has 2 aromatic heterocycles. The Bertz CT molecular complexity index is 526. The normalized spacial score (nSPS) is 10.1. The first-order valence-corrected chi connectivity index (χ1v) is 4.57. The summed E-state index contributed by atoms with van der Waals surface area (Å²) in [5.74, 6) is 0.00347. The first-order valence-electron chi connectivity index (χ1n) is 4.57. The molecule has 17 heavy (non-hydrogen) atoms. The van der Waals surface area contributed by atoms with Crippen LogP contribution in [-0.4, -0.2) is 20.0 Å². The van der Waals surface area contributed by atoms with E-state index in [9.17, 15) is 10.1 Å². The van der Waals surface area contributed by atoms with Crippen LogP contribution in [0.3, 0.4) is 0 Å². The lowest BCUT2D eigenvalue weighted by atomic mass is 10.4. The number of nitrogens with zero attached hydrogens (tertiary/aromatic N) is 4. The summed E-state index contributed by atoms with van der Waals surface area (Å²) in [4.78, 5) is 17.4. The van der Waals surface area contributed by atoms with E-state index in [1.165, 1.54) is 6.26 Å². The van der Waals surface area contributed by atoms with Crippen molar-refractivity contribution in [2.75, 3.05) is 11.1 Å². The standard InChI is InChI=1S/C8H8N6O3/c9-8-11-4-6(14(15)16)7(12-8)10-3-5-1-2-17-13-5/h1-2,4H,3H2,(H3,9,10,11,12). The van der Waals surface area contributed by atoms with E-state index in [-0.39, 0.29) is 24.0 Å². The number of rotatable bonds is 4. The van der Waals surface area contributed by atoms with Crippen molar-refractivity contribution in [2.45, 2.75) is 6.54 Å². The van der Waals surface area contributed by atoms with Crippen LogP contribution in [0.25, 0.3) is 0 Å². The highest BCUT2D eigenvalue weighted by Gasteiger charge is 2.16. The van der Waals surface area contributed by atoms with Gasteiger partial charge in [-0.1, -0.05) is 5.16 Å². The van der Waals surface area contributed by atoms with Gasteiger partial charge >= 0.3 is 5.69 Å². The lowest BCUT2D eigenvalue weighted by Crippen LogP contribution is -2.07. The average molecular weight is 236 g/mol. The van der Waals surface area contributed by atoms with Crippen LogP contribution in [0, 0.1) is 10.1 Å². The molecule has 0 saturated carbocycles. The Kier molecular flexibility index (Phi) is 2.81. The fourth-order valence-corrected chi connectivity index (χ4v) is 1.16. The van der Waals surface area contributed by atoms with Gasteiger partial charge in [-0.25, -0.2) is 4.98 Å². The van der Waals surface area contributed by atoms with E-state index in [2.05, 4.69) is 25.0 Å². The third kappa shape index (κ3) is 2.45. The van der Waals surface area contributed by atoms with Crippen molar-refractivity contribution in [1.29, 1.82) is 0 Å². The van der Waals surface area contributed by atoms with Crippen LogP contribution >= 0.6 is 0 Å². The van der Waals surface area contributed by atoms with Gasteiger partial charge in [-0.3, -0.25) is 10.1 Å². The topological polar surface area (TPSA) is 133 Å². The average Bonchev–Trinajstić information content (AvgIpc) is 2.78. The maximum atomic E-state index is 10.7. The number of aromatic nitrogens is 3. The number of hydrogen-bond acceptors (Lipinski definition) is 8. The van der Waals surface area contributed by atoms with Gasteiger partial charge in [0.25, 0.3) is 0 Å². The van der Waals surface area contributed by atoms with Crippen molar-refractivity contribution in [2.24, 2.45) is 0 Å². The molecular formula is C8H8N6O3. The molecule has 2 rings (SSSR count). The van der Waals surface area contributed by atoms with Crippen LogP contribution in [0.5, 0.6) is 0 Å². The van der Waals surface area contributed by atoms with Crippen LogP contribution in [0.15, 0.2) is 23.0 Å². The van der Waals surface area contributed by atoms with Gasteiger partial charge in [-0.15, -0.1) is 0 Å². The van der Waals surface area contributed by atoms with E-state index in [0.29, 0.717) is 5.69 Å². The van der Waals surface area contributed by atoms with Crippen LogP contribution in [0.2, 0.25) is 0 Å². The SMILES string of the molecule is Nc1ncc([N+](=O)[O-])c(NCc2ccon2)n1. The minimum Gasteiger partial charge on any atom is -0.368 e. The van der Waals surface area contributed by atoms with E-state index in [0.717, 1.165) is 6.20 Å². The van der Waals surface area contributed by atoms with E-state index < -0.39 is 4.92 Å². The zero-order valence-corrected chi connectivity index (χ0v) is 8.53. The zero-order valence-electron chi connectivity index (χ0n) is 8.53. The molecule has 88 valence electrons. The molecule has 2 aromatic rings. The number of nitrogens with one attached hydrogen (secondary N) is 1. The van der Waals surface area contributed by atoms with Gasteiger partial charge in [0.1, 0.15) is 18.2 Å². The molecule has 0 unspecified atom stereocenters. The predicted octanol–water partition coefficient (Wildman–Crippen LogP) is 0.567. The summed E-state index contributed by atoms with van der Waals surface area (Å²) < 4.78 is 4.62. The smallest absolute Gasteiger partial charge is 0.329 e. The third-order valence-electron chi connectivity index (χ3n) is 1.91. The van der Waals surface area contributed by atoms with Crippen molar-refractivity contribution in [3.8, 4) is 0 Å². The second-order valence-corrected chi connectivity index (χ2v) is 3.06. The molecule has 0 aliphatic heterocycles. The Balaban J connectivity index is 2.19. The van der Waals surface area contributed by atoms with Gasteiger partial charge in [0.05, 0.1) is 11.5 Å². The van der Waals surface area contributed by atoms with Crippen molar-refractivity contribution in [3.05, 3.63) is 34.3 Å². The van der Waals surface area contributed by atoms with Gasteiger partial charge in [0.2, 0.25) is 11.8 Å². The Morgan fingerprint density at radius 2 is 2.41 bits per heavy atom. The van der Waals surface area contributed by atoms with E-state index in [1.54, 1.807) is 6.07 Å². The van der Waals surface area contributed by atoms with Crippen LogP contribution in [-0.2, 0) is 6.54 Å². The van der Waals surface area contributed by atoms with Gasteiger partial charge in [-0.2, -0.15) is 4.98 Å². The molecule has 0 bridgehead atoms. The number of anilines is 2. The lowest BCUT2D eigenvalue weighted by Gasteiger charge is -2.03. The number of nitro groups is 1. The summed E-state index contributed by atoms with van der Waals surface area (Å²) >= 11 is 0. The summed E-state index contributed by atoms with van der Waals surface area (Å²) in [7, 11) is 0. The van der Waals surface area contributed by atoms with Crippen molar-refractivity contribution in [1.82, 2.24) is 15.1 Å². The highest BCUT2D eigenvalue weighted by atomic mass is 16.6. The van der Waals surface area contributed by atoms with Crippen molar-refractivity contribution >= 4 is 17.5 Å². The molecule has 3 N–H and O–H groups in total. The molecule has 0 amide bonds. The highest BCUT2D eigenvalue weighted by molar-refractivity contribution is 5.56. The maximum Gasteiger partial charge on any atom is 0.329 e.